The average molecular weight is 554 g/mol. The topological polar surface area (TPSA) is 99.6 Å². The molecule has 1 N–H and O–H groups in total. The van der Waals surface area contributed by atoms with E-state index in [9.17, 15) is 22.8 Å². The molecule has 0 saturated heterocycles. The molecule has 2 aromatic heterocycles. The Balaban J connectivity index is 1.37. The van der Waals surface area contributed by atoms with Gasteiger partial charge < -0.3 is 14.2 Å². The Morgan fingerprint density at radius 3 is 2.46 bits per heavy atom. The third-order valence-corrected chi connectivity index (χ3v) is 6.64. The first-order chi connectivity index (χ1) is 18.8. The van der Waals surface area contributed by atoms with E-state index in [2.05, 4.69) is 15.3 Å². The minimum atomic E-state index is -1.66. The monoisotopic (exact) mass is 553 g/mol. The second-order valence-electron chi connectivity index (χ2n) is 8.12. The standard InChI is InChI=1S/C27H18F3N3O5S/c1-36-19-8-7-13(9-20(19)37-2)18-10-15(14-5-3-4-6-17(14)31-18)26(35)38-12-22(34)32-27-33-25-21(39-27)11-16(28)23(29)24(25)30/h3-11H,12H2,1-2H3,(H,32,33,34). The highest BCUT2D eigenvalue weighted by Gasteiger charge is 2.20. The lowest BCUT2D eigenvalue weighted by Crippen LogP contribution is -2.21. The maximum absolute atomic E-state index is 13.9. The number of pyridine rings is 1. The molecule has 0 bridgehead atoms. The van der Waals surface area contributed by atoms with Crippen LogP contribution < -0.4 is 14.8 Å². The van der Waals surface area contributed by atoms with Crippen LogP contribution in [0, 0.1) is 17.5 Å². The fraction of sp³-hybridized carbons (Fsp3) is 0.111. The minimum Gasteiger partial charge on any atom is -0.493 e. The van der Waals surface area contributed by atoms with Crippen LogP contribution in [-0.4, -0.2) is 42.7 Å². The van der Waals surface area contributed by atoms with Crippen molar-refractivity contribution in [1.82, 2.24) is 9.97 Å². The number of esters is 1. The summed E-state index contributed by atoms with van der Waals surface area (Å²) in [5, 5.41) is 2.74. The van der Waals surface area contributed by atoms with Gasteiger partial charge >= 0.3 is 5.97 Å². The van der Waals surface area contributed by atoms with E-state index in [4.69, 9.17) is 14.2 Å². The van der Waals surface area contributed by atoms with Gasteiger partial charge in [-0.05, 0) is 36.4 Å². The van der Waals surface area contributed by atoms with Crippen LogP contribution in [0.4, 0.5) is 18.3 Å². The van der Waals surface area contributed by atoms with Crippen LogP contribution in [0.15, 0.2) is 54.6 Å². The van der Waals surface area contributed by atoms with E-state index in [-0.39, 0.29) is 15.4 Å². The van der Waals surface area contributed by atoms with Gasteiger partial charge in [0.15, 0.2) is 40.7 Å². The molecule has 0 saturated carbocycles. The lowest BCUT2D eigenvalue weighted by atomic mass is 10.0. The van der Waals surface area contributed by atoms with Gasteiger partial charge in [-0.2, -0.15) is 0 Å². The van der Waals surface area contributed by atoms with Crippen molar-refractivity contribution >= 4 is 49.5 Å². The number of nitrogens with zero attached hydrogens (tertiary/aromatic N) is 2. The van der Waals surface area contributed by atoms with Crippen molar-refractivity contribution < 1.29 is 37.0 Å². The van der Waals surface area contributed by atoms with Gasteiger partial charge in [0.1, 0.15) is 5.52 Å². The number of aromatic nitrogens is 2. The summed E-state index contributed by atoms with van der Waals surface area (Å²) < 4.78 is 56.8. The third kappa shape index (κ3) is 5.06. The maximum Gasteiger partial charge on any atom is 0.339 e. The number of ether oxygens (including phenoxy) is 3. The number of anilines is 1. The van der Waals surface area contributed by atoms with Crippen molar-refractivity contribution in [1.29, 1.82) is 0 Å². The Morgan fingerprint density at radius 1 is 0.923 bits per heavy atom. The summed E-state index contributed by atoms with van der Waals surface area (Å²) in [7, 11) is 3.02. The van der Waals surface area contributed by atoms with Crippen molar-refractivity contribution in [3.8, 4) is 22.8 Å². The molecule has 0 fully saturated rings. The number of fused-ring (bicyclic) bond motifs is 2. The van der Waals surface area contributed by atoms with E-state index < -0.39 is 41.5 Å². The number of amides is 1. The van der Waals surface area contributed by atoms with E-state index in [1.807, 2.05) is 0 Å². The van der Waals surface area contributed by atoms with Gasteiger partial charge in [-0.25, -0.2) is 27.9 Å². The fourth-order valence-electron chi connectivity index (χ4n) is 3.88. The van der Waals surface area contributed by atoms with Crippen molar-refractivity contribution in [3.63, 3.8) is 0 Å². The van der Waals surface area contributed by atoms with Gasteiger partial charge in [0.2, 0.25) is 0 Å². The zero-order valence-corrected chi connectivity index (χ0v) is 21.2. The number of hydrogen-bond acceptors (Lipinski definition) is 8. The van der Waals surface area contributed by atoms with E-state index >= 15 is 0 Å². The Morgan fingerprint density at radius 2 is 1.69 bits per heavy atom. The first kappa shape index (κ1) is 25.9. The lowest BCUT2D eigenvalue weighted by Gasteiger charge is -2.12. The van der Waals surface area contributed by atoms with Crippen molar-refractivity contribution in [2.75, 3.05) is 26.1 Å². The molecule has 39 heavy (non-hydrogen) atoms. The number of carbonyl (C=O) groups excluding carboxylic acids is 2. The van der Waals surface area contributed by atoms with E-state index in [1.165, 1.54) is 14.2 Å². The van der Waals surface area contributed by atoms with Gasteiger partial charge in [-0.15, -0.1) is 0 Å². The van der Waals surface area contributed by atoms with Crippen LogP contribution in [0.25, 0.3) is 32.4 Å². The molecular weight excluding hydrogens is 535 g/mol. The largest absolute Gasteiger partial charge is 0.493 e. The van der Waals surface area contributed by atoms with Gasteiger partial charge in [-0.1, -0.05) is 29.5 Å². The molecule has 0 atom stereocenters. The molecule has 2 heterocycles. The molecule has 8 nitrogen and oxygen atoms in total. The molecule has 0 aliphatic carbocycles. The Kier molecular flexibility index (Phi) is 7.03. The number of methoxy groups -OCH3 is 2. The minimum absolute atomic E-state index is 0.00430. The summed E-state index contributed by atoms with van der Waals surface area (Å²) in [5.74, 6) is -5.04. The average Bonchev–Trinajstić information content (AvgIpc) is 3.35. The second kappa shape index (κ2) is 10.6. The highest BCUT2D eigenvalue weighted by Crippen LogP contribution is 2.34. The fourth-order valence-corrected chi connectivity index (χ4v) is 4.78. The molecule has 0 aliphatic rings. The Hall–Kier alpha value is -4.71. The number of carbonyl (C=O) groups is 2. The lowest BCUT2D eigenvalue weighted by molar-refractivity contribution is -0.119. The molecule has 0 unspecified atom stereocenters. The zero-order chi connectivity index (χ0) is 27.7. The first-order valence-electron chi connectivity index (χ1n) is 11.3. The van der Waals surface area contributed by atoms with Crippen molar-refractivity contribution in [2.45, 2.75) is 0 Å². The zero-order valence-electron chi connectivity index (χ0n) is 20.4. The number of thiazole rings is 1. The Bertz CT molecular complexity index is 1760. The van der Waals surface area contributed by atoms with E-state index in [0.29, 0.717) is 33.7 Å². The summed E-state index contributed by atoms with van der Waals surface area (Å²) in [6.07, 6.45) is 0. The number of halogens is 3. The predicted octanol–water partition coefficient (Wildman–Crippen LogP) is 5.74. The van der Waals surface area contributed by atoms with E-state index in [0.717, 1.165) is 17.4 Å². The summed E-state index contributed by atoms with van der Waals surface area (Å²) in [4.78, 5) is 33.9. The summed E-state index contributed by atoms with van der Waals surface area (Å²) in [6.45, 7) is -0.692. The smallest absolute Gasteiger partial charge is 0.339 e. The quantitative estimate of drug-likeness (QED) is 0.203. The van der Waals surface area contributed by atoms with Crippen LogP contribution in [0.1, 0.15) is 10.4 Å². The van der Waals surface area contributed by atoms with E-state index in [1.54, 1.807) is 48.5 Å². The number of benzene rings is 3. The molecule has 0 radical (unpaired) electrons. The third-order valence-electron chi connectivity index (χ3n) is 5.72. The van der Waals surface area contributed by atoms with Crippen molar-refractivity contribution in [2.24, 2.45) is 0 Å². The molecule has 12 heteroatoms. The Labute approximate surface area is 223 Å². The van der Waals surface area contributed by atoms with Crippen LogP contribution in [0.3, 0.4) is 0 Å². The maximum atomic E-state index is 13.9. The molecule has 1 amide bonds. The van der Waals surface area contributed by atoms with Crippen LogP contribution >= 0.6 is 11.3 Å². The van der Waals surface area contributed by atoms with Crippen LogP contribution in [-0.2, 0) is 9.53 Å². The molecule has 0 aliphatic heterocycles. The molecule has 0 spiro atoms. The van der Waals surface area contributed by atoms with Gasteiger partial charge in [0.25, 0.3) is 5.91 Å². The number of para-hydroxylation sites is 1. The van der Waals surface area contributed by atoms with Crippen molar-refractivity contribution in [3.05, 3.63) is 77.6 Å². The molecular formula is C27H18F3N3O5S. The summed E-state index contributed by atoms with van der Waals surface area (Å²) in [5.41, 5.74) is 1.39. The summed E-state index contributed by atoms with van der Waals surface area (Å²) in [6, 6.07) is 14.5. The molecule has 198 valence electrons. The highest BCUT2D eigenvalue weighted by atomic mass is 32.1. The van der Waals surface area contributed by atoms with Gasteiger partial charge in [0.05, 0.1) is 35.7 Å². The number of nitrogens with one attached hydrogen (secondary N) is 1. The van der Waals surface area contributed by atoms with Crippen LogP contribution in [0.2, 0.25) is 0 Å². The molecule has 5 rings (SSSR count). The molecule has 3 aromatic carbocycles. The normalized spacial score (nSPS) is 11.0. The highest BCUT2D eigenvalue weighted by molar-refractivity contribution is 7.22. The second-order valence-corrected chi connectivity index (χ2v) is 9.15. The number of hydrogen-bond donors (Lipinski definition) is 1. The van der Waals surface area contributed by atoms with Crippen LogP contribution in [0.5, 0.6) is 11.5 Å². The van der Waals surface area contributed by atoms with Gasteiger partial charge in [-0.3, -0.25) is 10.1 Å². The first-order valence-corrected chi connectivity index (χ1v) is 12.1. The predicted molar refractivity (Wildman–Crippen MR) is 139 cm³/mol. The van der Waals surface area contributed by atoms with Gasteiger partial charge in [0, 0.05) is 10.9 Å². The molecule has 5 aromatic rings. The number of rotatable bonds is 7. The SMILES string of the molecule is COc1ccc(-c2cc(C(=O)OCC(=O)Nc3nc4c(F)c(F)c(F)cc4s3)c3ccccc3n2)cc1OC. The summed E-state index contributed by atoms with van der Waals surface area (Å²) >= 11 is 0.743.